The van der Waals surface area contributed by atoms with Gasteiger partial charge in [-0.2, -0.15) is 0 Å². The lowest BCUT2D eigenvalue weighted by Crippen LogP contribution is -2.10. The van der Waals surface area contributed by atoms with Crippen molar-refractivity contribution in [2.45, 2.75) is 33.1 Å². The van der Waals surface area contributed by atoms with Crippen LogP contribution in [0.25, 0.3) is 0 Å². The second-order valence-corrected chi connectivity index (χ2v) is 4.83. The van der Waals surface area contributed by atoms with E-state index in [4.69, 9.17) is 5.11 Å². The van der Waals surface area contributed by atoms with Gasteiger partial charge in [-0.3, -0.25) is 0 Å². The Morgan fingerprint density at radius 1 is 1.50 bits per heavy atom. The monoisotopic (exact) mass is 192 g/mol. The Balaban J connectivity index is 2.03. The summed E-state index contributed by atoms with van der Waals surface area (Å²) >= 11 is 0. The van der Waals surface area contributed by atoms with E-state index < -0.39 is 0 Å². The van der Waals surface area contributed by atoms with Gasteiger partial charge in [0.05, 0.1) is 6.61 Å². The Labute approximate surface area is 86.5 Å². The fourth-order valence-corrected chi connectivity index (χ4v) is 3.14. The van der Waals surface area contributed by atoms with Gasteiger partial charge in [-0.25, -0.2) is 0 Å². The molecule has 0 amide bonds. The van der Waals surface area contributed by atoms with Crippen molar-refractivity contribution in [3.8, 4) is 0 Å². The van der Waals surface area contributed by atoms with Crippen LogP contribution < -0.4 is 0 Å². The summed E-state index contributed by atoms with van der Waals surface area (Å²) in [6.07, 6.45) is 8.63. The molecule has 2 bridgehead atoms. The Kier molecular flexibility index (Phi) is 2.78. The lowest BCUT2D eigenvalue weighted by molar-refractivity contribution is 0.328. The summed E-state index contributed by atoms with van der Waals surface area (Å²) in [5.74, 6) is 2.47. The highest BCUT2D eigenvalue weighted by Gasteiger charge is 2.40. The molecule has 3 atom stereocenters. The highest BCUT2D eigenvalue weighted by molar-refractivity contribution is 5.21. The van der Waals surface area contributed by atoms with Gasteiger partial charge in [0, 0.05) is 0 Å². The lowest BCUT2D eigenvalue weighted by Gasteiger charge is -2.21. The number of aliphatic hydroxyl groups excluding tert-OH is 1. The Morgan fingerprint density at radius 3 is 2.79 bits per heavy atom. The average Bonchev–Trinajstić information content (AvgIpc) is 2.75. The quantitative estimate of drug-likeness (QED) is 0.667. The molecule has 2 aliphatic carbocycles. The molecule has 1 heteroatoms. The minimum atomic E-state index is 0.227. The first-order chi connectivity index (χ1) is 6.74. The zero-order valence-electron chi connectivity index (χ0n) is 9.16. The topological polar surface area (TPSA) is 20.2 Å². The molecule has 2 aliphatic rings. The zero-order valence-corrected chi connectivity index (χ0v) is 9.16. The molecule has 14 heavy (non-hydrogen) atoms. The smallest absolute Gasteiger partial charge is 0.0639 e. The van der Waals surface area contributed by atoms with Crippen molar-refractivity contribution in [1.82, 2.24) is 0 Å². The zero-order chi connectivity index (χ0) is 10.1. The maximum Gasteiger partial charge on any atom is 0.0639 e. The van der Waals surface area contributed by atoms with Crippen LogP contribution in [0.3, 0.4) is 0 Å². The van der Waals surface area contributed by atoms with Crippen molar-refractivity contribution in [3.63, 3.8) is 0 Å². The molecule has 1 N–H and O–H groups in total. The van der Waals surface area contributed by atoms with E-state index >= 15 is 0 Å². The van der Waals surface area contributed by atoms with Crippen LogP contribution in [0.1, 0.15) is 33.1 Å². The Hall–Kier alpha value is -0.560. The van der Waals surface area contributed by atoms with Crippen LogP contribution in [0.5, 0.6) is 0 Å². The summed E-state index contributed by atoms with van der Waals surface area (Å²) in [4.78, 5) is 0. The van der Waals surface area contributed by atoms with E-state index in [1.54, 1.807) is 5.57 Å². The van der Waals surface area contributed by atoms with Crippen LogP contribution >= 0.6 is 0 Å². The van der Waals surface area contributed by atoms with Gasteiger partial charge in [-0.05, 0) is 50.9 Å². The number of allylic oxidation sites excluding steroid dienone is 3. The molecule has 2 rings (SSSR count). The van der Waals surface area contributed by atoms with Gasteiger partial charge in [0.1, 0.15) is 0 Å². The predicted octanol–water partition coefficient (Wildman–Crippen LogP) is 2.92. The van der Waals surface area contributed by atoms with Crippen molar-refractivity contribution in [2.75, 3.05) is 6.61 Å². The first-order valence-electron chi connectivity index (χ1n) is 5.67. The minimum Gasteiger partial charge on any atom is -0.392 e. The summed E-state index contributed by atoms with van der Waals surface area (Å²) in [5, 5.41) is 8.98. The molecule has 1 nitrogen and oxygen atoms in total. The molecule has 0 saturated heterocycles. The normalized spacial score (nSPS) is 39.8. The van der Waals surface area contributed by atoms with Crippen LogP contribution in [0.2, 0.25) is 0 Å². The summed E-state index contributed by atoms with van der Waals surface area (Å²) in [7, 11) is 0. The van der Waals surface area contributed by atoms with Crippen LogP contribution in [0, 0.1) is 17.8 Å². The van der Waals surface area contributed by atoms with Crippen LogP contribution in [-0.2, 0) is 0 Å². The van der Waals surface area contributed by atoms with Crippen LogP contribution in [0.15, 0.2) is 23.3 Å². The van der Waals surface area contributed by atoms with Gasteiger partial charge in [-0.15, -0.1) is 0 Å². The van der Waals surface area contributed by atoms with Gasteiger partial charge in [0.25, 0.3) is 0 Å². The van der Waals surface area contributed by atoms with Crippen molar-refractivity contribution in [3.05, 3.63) is 23.3 Å². The van der Waals surface area contributed by atoms with Crippen molar-refractivity contribution >= 4 is 0 Å². The van der Waals surface area contributed by atoms with E-state index in [0.29, 0.717) is 0 Å². The fraction of sp³-hybridized carbons (Fsp3) is 0.692. The summed E-state index contributed by atoms with van der Waals surface area (Å²) in [6.45, 7) is 4.42. The third-order valence-electron chi connectivity index (χ3n) is 3.89. The molecule has 0 radical (unpaired) electrons. The SMILES string of the molecule is C/C=C1\CC2CC1CC2/C=C(\C)CO. The van der Waals surface area contributed by atoms with Gasteiger partial charge in [-0.1, -0.05) is 23.3 Å². The molecule has 3 unspecified atom stereocenters. The molecule has 0 aromatic heterocycles. The number of aliphatic hydroxyl groups is 1. The van der Waals surface area contributed by atoms with E-state index in [1.165, 1.54) is 19.3 Å². The average molecular weight is 192 g/mol. The second kappa shape index (κ2) is 3.90. The highest BCUT2D eigenvalue weighted by atomic mass is 16.3. The van der Waals surface area contributed by atoms with E-state index in [2.05, 4.69) is 19.1 Å². The van der Waals surface area contributed by atoms with E-state index in [0.717, 1.165) is 23.3 Å². The molecule has 2 fully saturated rings. The first-order valence-corrected chi connectivity index (χ1v) is 5.67. The third-order valence-corrected chi connectivity index (χ3v) is 3.89. The molecule has 0 aliphatic heterocycles. The first kappa shape index (κ1) is 9.97. The number of hydrogen-bond acceptors (Lipinski definition) is 1. The molecule has 78 valence electrons. The molecule has 0 spiro atoms. The Bertz CT molecular complexity index is 275. The number of hydrogen-bond donors (Lipinski definition) is 1. The van der Waals surface area contributed by atoms with Crippen molar-refractivity contribution in [1.29, 1.82) is 0 Å². The molecule has 0 aromatic rings. The van der Waals surface area contributed by atoms with Gasteiger partial charge in [0.2, 0.25) is 0 Å². The fourth-order valence-electron chi connectivity index (χ4n) is 3.14. The van der Waals surface area contributed by atoms with E-state index in [-0.39, 0.29) is 6.61 Å². The summed E-state index contributed by atoms with van der Waals surface area (Å²) in [5.41, 5.74) is 2.82. The van der Waals surface area contributed by atoms with Gasteiger partial charge >= 0.3 is 0 Å². The van der Waals surface area contributed by atoms with Gasteiger partial charge < -0.3 is 5.11 Å². The summed E-state index contributed by atoms with van der Waals surface area (Å²) < 4.78 is 0. The van der Waals surface area contributed by atoms with E-state index in [1.807, 2.05) is 6.92 Å². The largest absolute Gasteiger partial charge is 0.392 e. The number of rotatable bonds is 2. The molecule has 0 heterocycles. The van der Waals surface area contributed by atoms with Crippen molar-refractivity contribution < 1.29 is 5.11 Å². The van der Waals surface area contributed by atoms with E-state index in [9.17, 15) is 0 Å². The molecular formula is C13H20O. The molecule has 2 saturated carbocycles. The lowest BCUT2D eigenvalue weighted by atomic mass is 9.85. The van der Waals surface area contributed by atoms with Gasteiger partial charge in [0.15, 0.2) is 0 Å². The molecular weight excluding hydrogens is 172 g/mol. The van der Waals surface area contributed by atoms with Crippen LogP contribution in [-0.4, -0.2) is 11.7 Å². The predicted molar refractivity (Wildman–Crippen MR) is 58.9 cm³/mol. The van der Waals surface area contributed by atoms with Crippen molar-refractivity contribution in [2.24, 2.45) is 17.8 Å². The number of fused-ring (bicyclic) bond motifs is 2. The third kappa shape index (κ3) is 1.66. The Morgan fingerprint density at radius 2 is 2.29 bits per heavy atom. The standard InChI is InChI=1S/C13H20O/c1-3-10-5-13-7-12(10)6-11(13)4-9(2)8-14/h3-4,11-14H,5-8H2,1-2H3/b9-4+,10-3+. The maximum absolute atomic E-state index is 8.98. The highest BCUT2D eigenvalue weighted by Crippen LogP contribution is 2.52. The van der Waals surface area contributed by atoms with Crippen LogP contribution in [0.4, 0.5) is 0 Å². The molecule has 0 aromatic carbocycles. The summed E-state index contributed by atoms with van der Waals surface area (Å²) in [6, 6.07) is 0. The second-order valence-electron chi connectivity index (χ2n) is 4.83. The minimum absolute atomic E-state index is 0.227. The maximum atomic E-state index is 8.98.